The molecule has 1 aliphatic heterocycles. The number of amides is 1. The van der Waals surface area contributed by atoms with Crippen LogP contribution in [0.25, 0.3) is 0 Å². The maximum Gasteiger partial charge on any atom is 0.249 e. The van der Waals surface area contributed by atoms with E-state index in [0.29, 0.717) is 6.54 Å². The maximum absolute atomic E-state index is 12.3. The van der Waals surface area contributed by atoms with Crippen LogP contribution in [0.5, 0.6) is 5.75 Å². The van der Waals surface area contributed by atoms with E-state index in [1.54, 1.807) is 7.11 Å². The number of fused-ring (bicyclic) bond motifs is 1. The number of carbonyl (C=O) groups is 1. The average molecular weight is 290 g/mol. The van der Waals surface area contributed by atoms with Crippen LogP contribution < -0.4 is 15.8 Å². The zero-order valence-electron chi connectivity index (χ0n) is 12.3. The molecule has 5 nitrogen and oxygen atoms in total. The predicted octanol–water partition coefficient (Wildman–Crippen LogP) is 1.30. The van der Waals surface area contributed by atoms with E-state index in [1.165, 1.54) is 5.56 Å². The Morgan fingerprint density at radius 3 is 3.00 bits per heavy atom. The van der Waals surface area contributed by atoms with Crippen LogP contribution in [0.1, 0.15) is 36.4 Å². The minimum Gasteiger partial charge on any atom is -0.496 e. The molecule has 3 atom stereocenters. The van der Waals surface area contributed by atoms with Gasteiger partial charge in [0.2, 0.25) is 5.91 Å². The van der Waals surface area contributed by atoms with Gasteiger partial charge in [-0.15, -0.1) is 0 Å². The third kappa shape index (κ3) is 2.76. The average Bonchev–Trinajstić information content (AvgIpc) is 3.14. The fraction of sp³-hybridized carbons (Fsp3) is 0.562. The molecule has 0 spiro atoms. The number of nitrogens with two attached hydrogens (primary N) is 1. The van der Waals surface area contributed by atoms with Crippen LogP contribution in [0.3, 0.4) is 0 Å². The van der Waals surface area contributed by atoms with Crippen LogP contribution in [-0.4, -0.2) is 31.8 Å². The van der Waals surface area contributed by atoms with E-state index in [0.717, 1.165) is 37.0 Å². The fourth-order valence-electron chi connectivity index (χ4n) is 3.30. The Kier molecular flexibility index (Phi) is 4.12. The maximum atomic E-state index is 12.3. The van der Waals surface area contributed by atoms with E-state index >= 15 is 0 Å². The third-order valence-electron chi connectivity index (χ3n) is 4.43. The summed E-state index contributed by atoms with van der Waals surface area (Å²) in [5.74, 6) is 0.885. The molecule has 1 fully saturated rings. The lowest BCUT2D eigenvalue weighted by atomic mass is 10.1. The molecule has 0 saturated carbocycles. The van der Waals surface area contributed by atoms with Gasteiger partial charge in [-0.3, -0.25) is 4.79 Å². The van der Waals surface area contributed by atoms with Crippen LogP contribution in [0, 0.1) is 0 Å². The molecule has 0 radical (unpaired) electrons. The number of rotatable bonds is 4. The minimum absolute atomic E-state index is 0.0216. The second-order valence-electron chi connectivity index (χ2n) is 5.69. The van der Waals surface area contributed by atoms with Gasteiger partial charge in [-0.1, -0.05) is 12.1 Å². The van der Waals surface area contributed by atoms with Crippen molar-refractivity contribution in [1.82, 2.24) is 5.32 Å². The smallest absolute Gasteiger partial charge is 0.249 e. The molecule has 114 valence electrons. The van der Waals surface area contributed by atoms with Crippen molar-refractivity contribution >= 4 is 5.91 Å². The predicted molar refractivity (Wildman–Crippen MR) is 79.1 cm³/mol. The van der Waals surface area contributed by atoms with E-state index in [9.17, 15) is 4.79 Å². The summed E-state index contributed by atoms with van der Waals surface area (Å²) in [5, 5.41) is 3.11. The molecule has 1 saturated heterocycles. The Balaban J connectivity index is 1.67. The van der Waals surface area contributed by atoms with E-state index in [2.05, 4.69) is 11.4 Å². The van der Waals surface area contributed by atoms with Crippen LogP contribution in [0.15, 0.2) is 18.2 Å². The van der Waals surface area contributed by atoms with E-state index in [-0.39, 0.29) is 24.2 Å². The Morgan fingerprint density at radius 2 is 2.29 bits per heavy atom. The zero-order valence-corrected chi connectivity index (χ0v) is 12.3. The van der Waals surface area contributed by atoms with Gasteiger partial charge >= 0.3 is 0 Å². The van der Waals surface area contributed by atoms with Gasteiger partial charge in [-0.25, -0.2) is 0 Å². The second kappa shape index (κ2) is 6.03. The summed E-state index contributed by atoms with van der Waals surface area (Å²) in [7, 11) is 1.68. The molecule has 1 aromatic rings. The molecular formula is C16H22N2O3. The number of carbonyl (C=O) groups excluding carboxylic acids is 1. The molecular weight excluding hydrogens is 268 g/mol. The fourth-order valence-corrected chi connectivity index (χ4v) is 3.30. The van der Waals surface area contributed by atoms with E-state index in [1.807, 2.05) is 12.1 Å². The van der Waals surface area contributed by atoms with Gasteiger partial charge in [0.05, 0.1) is 19.3 Å². The lowest BCUT2D eigenvalue weighted by molar-refractivity contribution is -0.132. The first-order valence-corrected chi connectivity index (χ1v) is 7.54. The van der Waals surface area contributed by atoms with Crippen molar-refractivity contribution in [1.29, 1.82) is 0 Å². The molecule has 5 heteroatoms. The molecule has 3 N–H and O–H groups in total. The highest BCUT2D eigenvalue weighted by atomic mass is 16.5. The highest BCUT2D eigenvalue weighted by Gasteiger charge is 2.33. The first-order chi connectivity index (χ1) is 10.2. The SMILES string of the molecule is COc1cccc2c1CCC2NC(=O)[C@@H]1CC[C@H](CN)O1. The molecule has 3 rings (SSSR count). The van der Waals surface area contributed by atoms with E-state index < -0.39 is 0 Å². The van der Waals surface area contributed by atoms with Crippen molar-refractivity contribution in [3.05, 3.63) is 29.3 Å². The number of nitrogens with one attached hydrogen (secondary N) is 1. The van der Waals surface area contributed by atoms with Gasteiger partial charge in [0, 0.05) is 6.54 Å². The standard InChI is InChI=1S/C16H22N2O3/c1-20-14-4-2-3-11-12(14)6-7-13(11)18-16(19)15-8-5-10(9-17)21-15/h2-4,10,13,15H,5-9,17H2,1H3,(H,18,19)/t10-,13?,15+/m1/s1. The number of methoxy groups -OCH3 is 1. The number of hydrogen-bond donors (Lipinski definition) is 2. The van der Waals surface area contributed by atoms with Crippen LogP contribution in [-0.2, 0) is 16.0 Å². The lowest BCUT2D eigenvalue weighted by Gasteiger charge is -2.18. The molecule has 1 aliphatic carbocycles. The van der Waals surface area contributed by atoms with Gasteiger partial charge in [0.25, 0.3) is 0 Å². The van der Waals surface area contributed by atoms with Crippen molar-refractivity contribution in [3.8, 4) is 5.75 Å². The van der Waals surface area contributed by atoms with Gasteiger partial charge in [0.1, 0.15) is 11.9 Å². The first-order valence-electron chi connectivity index (χ1n) is 7.54. The summed E-state index contributed by atoms with van der Waals surface area (Å²) in [6, 6.07) is 6.06. The van der Waals surface area contributed by atoms with Gasteiger partial charge in [-0.05, 0) is 42.9 Å². The van der Waals surface area contributed by atoms with E-state index in [4.69, 9.17) is 15.2 Å². The summed E-state index contributed by atoms with van der Waals surface area (Å²) >= 11 is 0. The summed E-state index contributed by atoms with van der Waals surface area (Å²) < 4.78 is 11.0. The van der Waals surface area contributed by atoms with Crippen LogP contribution in [0.4, 0.5) is 0 Å². The molecule has 21 heavy (non-hydrogen) atoms. The Labute approximate surface area is 124 Å². The lowest BCUT2D eigenvalue weighted by Crippen LogP contribution is -2.37. The first kappa shape index (κ1) is 14.4. The molecule has 0 aromatic heterocycles. The topological polar surface area (TPSA) is 73.6 Å². The van der Waals surface area contributed by atoms with Crippen molar-refractivity contribution in [2.45, 2.75) is 43.9 Å². The van der Waals surface area contributed by atoms with Crippen LogP contribution in [0.2, 0.25) is 0 Å². The highest BCUT2D eigenvalue weighted by molar-refractivity contribution is 5.81. The largest absolute Gasteiger partial charge is 0.496 e. The molecule has 1 unspecified atom stereocenters. The highest BCUT2D eigenvalue weighted by Crippen LogP contribution is 2.37. The Morgan fingerprint density at radius 1 is 1.43 bits per heavy atom. The molecule has 1 aromatic carbocycles. The number of benzene rings is 1. The third-order valence-corrected chi connectivity index (χ3v) is 4.43. The summed E-state index contributed by atoms with van der Waals surface area (Å²) in [5.41, 5.74) is 7.95. The quantitative estimate of drug-likeness (QED) is 0.877. The van der Waals surface area contributed by atoms with Gasteiger partial charge in [-0.2, -0.15) is 0 Å². The zero-order chi connectivity index (χ0) is 14.8. The van der Waals surface area contributed by atoms with Gasteiger partial charge < -0.3 is 20.5 Å². The number of ether oxygens (including phenoxy) is 2. The summed E-state index contributed by atoms with van der Waals surface area (Å²) in [4.78, 5) is 12.3. The second-order valence-corrected chi connectivity index (χ2v) is 5.69. The monoisotopic (exact) mass is 290 g/mol. The van der Waals surface area contributed by atoms with Crippen molar-refractivity contribution < 1.29 is 14.3 Å². The van der Waals surface area contributed by atoms with Crippen molar-refractivity contribution in [2.75, 3.05) is 13.7 Å². The van der Waals surface area contributed by atoms with Gasteiger partial charge in [0.15, 0.2) is 0 Å². The molecule has 1 amide bonds. The molecule has 1 heterocycles. The summed E-state index contributed by atoms with van der Waals surface area (Å²) in [6.45, 7) is 0.479. The van der Waals surface area contributed by atoms with Crippen LogP contribution >= 0.6 is 0 Å². The normalized spacial score (nSPS) is 27.4. The Hall–Kier alpha value is -1.59. The molecule has 0 bridgehead atoms. The minimum atomic E-state index is -0.354. The number of hydrogen-bond acceptors (Lipinski definition) is 4. The van der Waals surface area contributed by atoms with Crippen molar-refractivity contribution in [2.24, 2.45) is 5.73 Å². The summed E-state index contributed by atoms with van der Waals surface area (Å²) in [6.07, 6.45) is 3.13. The molecule has 2 aliphatic rings. The van der Waals surface area contributed by atoms with Crippen molar-refractivity contribution in [3.63, 3.8) is 0 Å². The Bertz CT molecular complexity index is 532.